The summed E-state index contributed by atoms with van der Waals surface area (Å²) in [6.07, 6.45) is 1.82. The van der Waals surface area contributed by atoms with E-state index in [1.165, 1.54) is 27.5 Å². The summed E-state index contributed by atoms with van der Waals surface area (Å²) < 4.78 is 4.07. The monoisotopic (exact) mass is 190 g/mol. The maximum Gasteiger partial charge on any atom is 0.0552 e. The zero-order valence-electron chi connectivity index (χ0n) is 7.32. The standard InChI is InChI=1S/C10H10N2S/c1-7-6-8(11)2-3-9(7)10-4-5-12-13-10/h2-6H,11H2,1H3. The molecule has 0 unspecified atom stereocenters. The highest BCUT2D eigenvalue weighted by Gasteiger charge is 2.02. The van der Waals surface area contributed by atoms with Crippen LogP contribution < -0.4 is 5.73 Å². The van der Waals surface area contributed by atoms with Gasteiger partial charge in [0.05, 0.1) is 4.88 Å². The molecular weight excluding hydrogens is 180 g/mol. The largest absolute Gasteiger partial charge is 0.399 e. The number of aryl methyl sites for hydroxylation is 1. The first-order chi connectivity index (χ1) is 6.27. The van der Waals surface area contributed by atoms with Gasteiger partial charge in [-0.25, -0.2) is 4.37 Å². The number of rotatable bonds is 1. The molecule has 2 rings (SSSR count). The van der Waals surface area contributed by atoms with Gasteiger partial charge in [0.2, 0.25) is 0 Å². The van der Waals surface area contributed by atoms with Crippen molar-refractivity contribution in [1.29, 1.82) is 0 Å². The molecule has 3 heteroatoms. The summed E-state index contributed by atoms with van der Waals surface area (Å²) in [5.41, 5.74) is 8.90. The van der Waals surface area contributed by atoms with E-state index in [0.717, 1.165) is 5.69 Å². The van der Waals surface area contributed by atoms with Crippen LogP contribution in [0.1, 0.15) is 5.56 Å². The fraction of sp³-hybridized carbons (Fsp3) is 0.100. The van der Waals surface area contributed by atoms with Crippen molar-refractivity contribution in [3.63, 3.8) is 0 Å². The predicted molar refractivity (Wildman–Crippen MR) is 56.7 cm³/mol. The first-order valence-electron chi connectivity index (χ1n) is 4.04. The van der Waals surface area contributed by atoms with E-state index in [9.17, 15) is 0 Å². The molecule has 0 spiro atoms. The molecule has 0 aliphatic heterocycles. The number of hydrogen-bond donors (Lipinski definition) is 1. The lowest BCUT2D eigenvalue weighted by molar-refractivity contribution is 1.48. The molecule has 2 nitrogen and oxygen atoms in total. The molecule has 2 N–H and O–H groups in total. The molecule has 66 valence electrons. The third-order valence-electron chi connectivity index (χ3n) is 1.95. The van der Waals surface area contributed by atoms with E-state index >= 15 is 0 Å². The van der Waals surface area contributed by atoms with Gasteiger partial charge in [0, 0.05) is 11.9 Å². The van der Waals surface area contributed by atoms with Crippen molar-refractivity contribution >= 4 is 17.2 Å². The third kappa shape index (κ3) is 1.55. The van der Waals surface area contributed by atoms with Crippen molar-refractivity contribution in [1.82, 2.24) is 4.37 Å². The van der Waals surface area contributed by atoms with Crippen LogP contribution in [0.3, 0.4) is 0 Å². The van der Waals surface area contributed by atoms with Gasteiger partial charge in [0.15, 0.2) is 0 Å². The minimum atomic E-state index is 0.811. The Labute approximate surface area is 81.2 Å². The molecule has 0 radical (unpaired) electrons. The minimum Gasteiger partial charge on any atom is -0.399 e. The lowest BCUT2D eigenvalue weighted by atomic mass is 10.1. The molecule has 0 bridgehead atoms. The molecule has 2 aromatic rings. The number of nitrogen functional groups attached to an aromatic ring is 1. The second-order valence-corrected chi connectivity index (χ2v) is 3.78. The van der Waals surface area contributed by atoms with Crippen LogP contribution in [0.25, 0.3) is 10.4 Å². The van der Waals surface area contributed by atoms with Crippen LogP contribution in [0.5, 0.6) is 0 Å². The highest BCUT2D eigenvalue weighted by molar-refractivity contribution is 7.09. The zero-order valence-corrected chi connectivity index (χ0v) is 8.14. The van der Waals surface area contributed by atoms with Crippen LogP contribution >= 0.6 is 11.5 Å². The molecule has 0 fully saturated rings. The van der Waals surface area contributed by atoms with E-state index in [1.807, 2.05) is 30.5 Å². The zero-order chi connectivity index (χ0) is 9.26. The van der Waals surface area contributed by atoms with E-state index < -0.39 is 0 Å². The normalized spacial score (nSPS) is 10.2. The first kappa shape index (κ1) is 8.26. The van der Waals surface area contributed by atoms with Gasteiger partial charge in [-0.1, -0.05) is 6.07 Å². The number of anilines is 1. The second kappa shape index (κ2) is 3.18. The number of hydrogen-bond acceptors (Lipinski definition) is 3. The summed E-state index contributed by atoms with van der Waals surface area (Å²) in [6.45, 7) is 2.06. The van der Waals surface area contributed by atoms with Crippen molar-refractivity contribution in [3.8, 4) is 10.4 Å². The summed E-state index contributed by atoms with van der Waals surface area (Å²) in [5, 5.41) is 0. The van der Waals surface area contributed by atoms with Gasteiger partial charge in [-0.05, 0) is 47.8 Å². The summed E-state index contributed by atoms with van der Waals surface area (Å²) in [7, 11) is 0. The maximum atomic E-state index is 5.67. The van der Waals surface area contributed by atoms with E-state index in [4.69, 9.17) is 5.73 Å². The Bertz CT molecular complexity index is 407. The Morgan fingerprint density at radius 1 is 1.31 bits per heavy atom. The number of nitrogens with zero attached hydrogens (tertiary/aromatic N) is 1. The summed E-state index contributed by atoms with van der Waals surface area (Å²) in [6, 6.07) is 7.96. The molecule has 1 aromatic carbocycles. The Hall–Kier alpha value is -1.35. The van der Waals surface area contributed by atoms with Crippen LogP contribution in [0, 0.1) is 6.92 Å². The van der Waals surface area contributed by atoms with Gasteiger partial charge < -0.3 is 5.73 Å². The fourth-order valence-electron chi connectivity index (χ4n) is 1.32. The molecule has 0 atom stereocenters. The highest BCUT2D eigenvalue weighted by Crippen LogP contribution is 2.27. The van der Waals surface area contributed by atoms with Crippen LogP contribution in [-0.2, 0) is 0 Å². The topological polar surface area (TPSA) is 38.9 Å². The molecule has 1 aromatic heterocycles. The first-order valence-corrected chi connectivity index (χ1v) is 4.82. The van der Waals surface area contributed by atoms with Gasteiger partial charge in [0.1, 0.15) is 0 Å². The van der Waals surface area contributed by atoms with Gasteiger partial charge in [-0.15, -0.1) is 0 Å². The van der Waals surface area contributed by atoms with Gasteiger partial charge in [-0.3, -0.25) is 0 Å². The van der Waals surface area contributed by atoms with E-state index in [-0.39, 0.29) is 0 Å². The lowest BCUT2D eigenvalue weighted by Crippen LogP contribution is -1.86. The average molecular weight is 190 g/mol. The fourth-order valence-corrected chi connectivity index (χ4v) is 2.00. The predicted octanol–water partition coefficient (Wildman–Crippen LogP) is 2.70. The van der Waals surface area contributed by atoms with E-state index in [0.29, 0.717) is 0 Å². The van der Waals surface area contributed by atoms with Crippen molar-refractivity contribution in [3.05, 3.63) is 36.0 Å². The van der Waals surface area contributed by atoms with Gasteiger partial charge in [0.25, 0.3) is 0 Å². The van der Waals surface area contributed by atoms with Gasteiger partial charge in [-0.2, -0.15) is 0 Å². The van der Waals surface area contributed by atoms with Crippen LogP contribution in [-0.4, -0.2) is 4.37 Å². The average Bonchev–Trinajstić information content (AvgIpc) is 2.56. The van der Waals surface area contributed by atoms with Crippen LogP contribution in [0.2, 0.25) is 0 Å². The Kier molecular flexibility index (Phi) is 2.02. The minimum absolute atomic E-state index is 0.811. The smallest absolute Gasteiger partial charge is 0.0552 e. The molecule has 0 aliphatic carbocycles. The molecule has 0 saturated heterocycles. The third-order valence-corrected chi connectivity index (χ3v) is 2.73. The van der Waals surface area contributed by atoms with Crippen LogP contribution in [0.4, 0.5) is 5.69 Å². The second-order valence-electron chi connectivity index (χ2n) is 2.95. The van der Waals surface area contributed by atoms with Crippen molar-refractivity contribution in [2.45, 2.75) is 6.92 Å². The maximum absolute atomic E-state index is 5.67. The molecule has 1 heterocycles. The van der Waals surface area contributed by atoms with Gasteiger partial charge >= 0.3 is 0 Å². The molecule has 0 saturated carbocycles. The molecule has 0 aliphatic rings. The summed E-state index contributed by atoms with van der Waals surface area (Å²) in [5.74, 6) is 0. The Morgan fingerprint density at radius 3 is 2.77 bits per heavy atom. The van der Waals surface area contributed by atoms with E-state index in [1.54, 1.807) is 0 Å². The quantitative estimate of drug-likeness (QED) is 0.702. The van der Waals surface area contributed by atoms with Crippen LogP contribution in [0.15, 0.2) is 30.5 Å². The molecular formula is C10H10N2S. The summed E-state index contributed by atoms with van der Waals surface area (Å²) >= 11 is 1.51. The lowest BCUT2D eigenvalue weighted by Gasteiger charge is -2.02. The number of benzene rings is 1. The SMILES string of the molecule is Cc1cc(N)ccc1-c1ccns1. The molecule has 0 amide bonds. The van der Waals surface area contributed by atoms with E-state index in [2.05, 4.69) is 11.3 Å². The highest BCUT2D eigenvalue weighted by atomic mass is 32.1. The molecule has 13 heavy (non-hydrogen) atoms. The van der Waals surface area contributed by atoms with Crippen molar-refractivity contribution < 1.29 is 0 Å². The number of aromatic nitrogens is 1. The Balaban J connectivity index is 2.53. The van der Waals surface area contributed by atoms with Crippen molar-refractivity contribution in [2.75, 3.05) is 5.73 Å². The number of nitrogens with two attached hydrogens (primary N) is 1. The summed E-state index contributed by atoms with van der Waals surface area (Å²) in [4.78, 5) is 1.19. The van der Waals surface area contributed by atoms with Crippen molar-refractivity contribution in [2.24, 2.45) is 0 Å². The Morgan fingerprint density at radius 2 is 2.15 bits per heavy atom.